The Kier molecular flexibility index (Phi) is 5.02. The zero-order valence-electron chi connectivity index (χ0n) is 11.4. The number of sulfonamides is 1. The molecule has 0 saturated heterocycles. The Morgan fingerprint density at radius 3 is 2.50 bits per heavy atom. The van der Waals surface area contributed by atoms with Gasteiger partial charge in [0.1, 0.15) is 5.75 Å². The fourth-order valence-corrected chi connectivity index (χ4v) is 3.14. The number of benzene rings is 2. The zero-order valence-corrected chi connectivity index (χ0v) is 13.8. The average molecular weight is 392 g/mol. The molecule has 2 aromatic carbocycles. The van der Waals surface area contributed by atoms with Crippen molar-refractivity contribution in [2.24, 2.45) is 0 Å². The molecule has 2 aromatic rings. The first-order valence-electron chi connectivity index (χ1n) is 6.12. The molecule has 22 heavy (non-hydrogen) atoms. The Bertz CT molecular complexity index is 781. The van der Waals surface area contributed by atoms with E-state index in [0.717, 1.165) is 10.0 Å². The maximum atomic E-state index is 12.3. The van der Waals surface area contributed by atoms with Crippen molar-refractivity contribution >= 4 is 31.6 Å². The Hall–Kier alpha value is -1.67. The highest BCUT2D eigenvalue weighted by Gasteiger charge is 2.18. The molecule has 0 spiro atoms. The molecule has 0 amide bonds. The van der Waals surface area contributed by atoms with Gasteiger partial charge < -0.3 is 4.74 Å². The van der Waals surface area contributed by atoms with E-state index in [9.17, 15) is 17.2 Å². The molecule has 118 valence electrons. The third-order valence-electron chi connectivity index (χ3n) is 2.79. The number of anilines is 1. The van der Waals surface area contributed by atoms with Gasteiger partial charge in [0.15, 0.2) is 0 Å². The molecular weight excluding hydrogens is 380 g/mol. The maximum absolute atomic E-state index is 12.3. The summed E-state index contributed by atoms with van der Waals surface area (Å²) in [5.41, 5.74) is 0.684. The normalized spacial score (nSPS) is 11.5. The summed E-state index contributed by atoms with van der Waals surface area (Å²) in [6, 6.07) is 10.1. The van der Waals surface area contributed by atoms with Gasteiger partial charge in [0.2, 0.25) is 0 Å². The summed E-state index contributed by atoms with van der Waals surface area (Å²) < 4.78 is 56.7. The van der Waals surface area contributed by atoms with Crippen molar-refractivity contribution in [1.82, 2.24) is 0 Å². The van der Waals surface area contributed by atoms with Crippen LogP contribution >= 0.6 is 15.9 Å². The Morgan fingerprint density at radius 2 is 1.86 bits per heavy atom. The first-order chi connectivity index (χ1) is 10.3. The van der Waals surface area contributed by atoms with Crippen molar-refractivity contribution in [3.8, 4) is 5.75 Å². The standard InChI is InChI=1S/C14H12BrF2NO3S/c1-9-8-10(6-7-11(9)15)22(19,20)18-12-4-2-3-5-13(12)21-14(16)17/h2-8,14,18H,1H3. The van der Waals surface area contributed by atoms with Gasteiger partial charge in [0, 0.05) is 4.47 Å². The van der Waals surface area contributed by atoms with Gasteiger partial charge in [0.05, 0.1) is 10.6 Å². The molecule has 0 aliphatic rings. The molecule has 1 N–H and O–H groups in total. The lowest BCUT2D eigenvalue weighted by molar-refractivity contribution is -0.0493. The van der Waals surface area contributed by atoms with E-state index in [1.165, 1.54) is 36.4 Å². The summed E-state index contributed by atoms with van der Waals surface area (Å²) in [5, 5.41) is 0. The molecule has 0 unspecified atom stereocenters. The Balaban J connectivity index is 2.35. The number of halogens is 3. The molecule has 0 heterocycles. The Labute approximate surface area is 135 Å². The monoisotopic (exact) mass is 391 g/mol. The molecule has 0 aliphatic heterocycles. The molecule has 2 rings (SSSR count). The van der Waals surface area contributed by atoms with Crippen LogP contribution in [0.5, 0.6) is 5.75 Å². The van der Waals surface area contributed by atoms with Crippen molar-refractivity contribution in [3.63, 3.8) is 0 Å². The lowest BCUT2D eigenvalue weighted by Crippen LogP contribution is -2.14. The second kappa shape index (κ2) is 6.62. The van der Waals surface area contributed by atoms with Crippen LogP contribution in [0.3, 0.4) is 0 Å². The molecule has 4 nitrogen and oxygen atoms in total. The molecular formula is C14H12BrF2NO3S. The van der Waals surface area contributed by atoms with E-state index in [0.29, 0.717) is 0 Å². The molecule has 0 fully saturated rings. The van der Waals surface area contributed by atoms with Crippen LogP contribution in [0.25, 0.3) is 0 Å². The number of rotatable bonds is 5. The third kappa shape index (κ3) is 3.95. The van der Waals surface area contributed by atoms with Crippen molar-refractivity contribution in [2.75, 3.05) is 4.72 Å². The number of alkyl halides is 2. The van der Waals surface area contributed by atoms with Crippen LogP contribution in [0.4, 0.5) is 14.5 Å². The number of ether oxygens (including phenoxy) is 1. The van der Waals surface area contributed by atoms with Crippen LogP contribution in [0.2, 0.25) is 0 Å². The smallest absolute Gasteiger partial charge is 0.387 e. The number of para-hydroxylation sites is 2. The summed E-state index contributed by atoms with van der Waals surface area (Å²) in [4.78, 5) is 0.0278. The van der Waals surface area contributed by atoms with E-state index in [1.54, 1.807) is 13.0 Å². The lowest BCUT2D eigenvalue weighted by Gasteiger charge is -2.13. The molecule has 0 bridgehead atoms. The highest BCUT2D eigenvalue weighted by molar-refractivity contribution is 9.10. The first kappa shape index (κ1) is 16.7. The van der Waals surface area contributed by atoms with E-state index in [1.807, 2.05) is 0 Å². The van der Waals surface area contributed by atoms with Crippen LogP contribution in [-0.2, 0) is 10.0 Å². The largest absolute Gasteiger partial charge is 0.433 e. The van der Waals surface area contributed by atoms with Gasteiger partial charge in [-0.25, -0.2) is 8.42 Å². The number of hydrogen-bond donors (Lipinski definition) is 1. The number of nitrogens with one attached hydrogen (secondary N) is 1. The van der Waals surface area contributed by atoms with Gasteiger partial charge in [0.25, 0.3) is 10.0 Å². The van der Waals surface area contributed by atoms with Crippen molar-refractivity contribution < 1.29 is 21.9 Å². The van der Waals surface area contributed by atoms with Crippen molar-refractivity contribution in [2.45, 2.75) is 18.4 Å². The minimum atomic E-state index is -3.91. The quantitative estimate of drug-likeness (QED) is 0.832. The lowest BCUT2D eigenvalue weighted by atomic mass is 10.2. The zero-order chi connectivity index (χ0) is 16.3. The summed E-state index contributed by atoms with van der Waals surface area (Å²) in [7, 11) is -3.91. The summed E-state index contributed by atoms with van der Waals surface area (Å²) in [6.45, 7) is -1.29. The van der Waals surface area contributed by atoms with Gasteiger partial charge in [-0.1, -0.05) is 28.1 Å². The van der Waals surface area contributed by atoms with Gasteiger partial charge in [-0.05, 0) is 42.8 Å². The summed E-state index contributed by atoms with van der Waals surface area (Å²) >= 11 is 3.28. The van der Waals surface area contributed by atoms with E-state index >= 15 is 0 Å². The minimum absolute atomic E-state index is 0.0278. The minimum Gasteiger partial charge on any atom is -0.433 e. The molecule has 8 heteroatoms. The Morgan fingerprint density at radius 1 is 1.18 bits per heavy atom. The predicted octanol–water partition coefficient (Wildman–Crippen LogP) is 4.16. The van der Waals surface area contributed by atoms with Crippen LogP contribution < -0.4 is 9.46 Å². The molecule has 0 aromatic heterocycles. The third-order valence-corrected chi connectivity index (χ3v) is 5.04. The molecule has 0 aliphatic carbocycles. The number of aryl methyl sites for hydroxylation is 1. The number of hydrogen-bond acceptors (Lipinski definition) is 3. The summed E-state index contributed by atoms with van der Waals surface area (Å²) in [6.07, 6.45) is 0. The van der Waals surface area contributed by atoms with Crippen LogP contribution in [-0.4, -0.2) is 15.0 Å². The van der Waals surface area contributed by atoms with Crippen molar-refractivity contribution in [1.29, 1.82) is 0 Å². The van der Waals surface area contributed by atoms with Gasteiger partial charge >= 0.3 is 6.61 Å². The molecule has 0 radical (unpaired) electrons. The van der Waals surface area contributed by atoms with E-state index in [4.69, 9.17) is 0 Å². The fourth-order valence-electron chi connectivity index (χ4n) is 1.74. The first-order valence-corrected chi connectivity index (χ1v) is 8.40. The van der Waals surface area contributed by atoms with Crippen LogP contribution in [0, 0.1) is 6.92 Å². The van der Waals surface area contributed by atoms with E-state index in [-0.39, 0.29) is 16.3 Å². The maximum Gasteiger partial charge on any atom is 0.387 e. The topological polar surface area (TPSA) is 55.4 Å². The van der Waals surface area contributed by atoms with E-state index < -0.39 is 16.6 Å². The van der Waals surface area contributed by atoms with E-state index in [2.05, 4.69) is 25.4 Å². The second-order valence-electron chi connectivity index (χ2n) is 4.39. The van der Waals surface area contributed by atoms with Gasteiger partial charge in [-0.15, -0.1) is 0 Å². The molecule has 0 saturated carbocycles. The summed E-state index contributed by atoms with van der Waals surface area (Å²) in [5.74, 6) is -0.241. The molecule has 0 atom stereocenters. The SMILES string of the molecule is Cc1cc(S(=O)(=O)Nc2ccccc2OC(F)F)ccc1Br. The van der Waals surface area contributed by atoms with Crippen LogP contribution in [0.1, 0.15) is 5.56 Å². The highest BCUT2D eigenvalue weighted by Crippen LogP contribution is 2.28. The average Bonchev–Trinajstić information content (AvgIpc) is 2.43. The second-order valence-corrected chi connectivity index (χ2v) is 6.93. The van der Waals surface area contributed by atoms with Crippen molar-refractivity contribution in [3.05, 3.63) is 52.5 Å². The highest BCUT2D eigenvalue weighted by atomic mass is 79.9. The van der Waals surface area contributed by atoms with Crippen LogP contribution in [0.15, 0.2) is 51.8 Å². The van der Waals surface area contributed by atoms with Gasteiger partial charge in [-0.2, -0.15) is 8.78 Å². The van der Waals surface area contributed by atoms with Gasteiger partial charge in [-0.3, -0.25) is 4.72 Å². The predicted molar refractivity (Wildman–Crippen MR) is 82.8 cm³/mol. The fraction of sp³-hybridized carbons (Fsp3) is 0.143.